The maximum absolute atomic E-state index is 13.3. The summed E-state index contributed by atoms with van der Waals surface area (Å²) in [5.74, 6) is 2.57. The molecule has 1 heterocycles. The molecule has 7 rings (SSSR count). The van der Waals surface area contributed by atoms with Gasteiger partial charge in [0.15, 0.2) is 5.78 Å². The fraction of sp³-hybridized carbons (Fsp3) is 0.722. The summed E-state index contributed by atoms with van der Waals surface area (Å²) in [6.45, 7) is 18.9. The zero-order valence-electron chi connectivity index (χ0n) is 25.6. The zero-order chi connectivity index (χ0) is 28.5. The van der Waals surface area contributed by atoms with E-state index in [1.807, 2.05) is 0 Å². The van der Waals surface area contributed by atoms with Crippen molar-refractivity contribution in [1.82, 2.24) is 0 Å². The fourth-order valence-electron chi connectivity index (χ4n) is 11.1. The fourth-order valence-corrected chi connectivity index (χ4v) is 11.1. The summed E-state index contributed by atoms with van der Waals surface area (Å²) in [5, 5.41) is 19.5. The van der Waals surface area contributed by atoms with Crippen LogP contribution in [0.2, 0.25) is 0 Å². The minimum absolute atomic E-state index is 0.0211. The van der Waals surface area contributed by atoms with Crippen molar-refractivity contribution in [2.75, 3.05) is 0 Å². The number of hydrogen-bond donors (Lipinski definition) is 0. The van der Waals surface area contributed by atoms with Crippen molar-refractivity contribution < 1.29 is 4.79 Å². The molecule has 1 aliphatic heterocycles. The summed E-state index contributed by atoms with van der Waals surface area (Å²) in [6, 6.07) is 2.28. The van der Waals surface area contributed by atoms with Crippen molar-refractivity contribution in [2.45, 2.75) is 106 Å². The molecule has 0 saturated heterocycles. The van der Waals surface area contributed by atoms with Crippen molar-refractivity contribution in [3.63, 3.8) is 0 Å². The highest BCUT2D eigenvalue weighted by atomic mass is 16.1. The van der Waals surface area contributed by atoms with Gasteiger partial charge in [-0.05, 0) is 98.2 Å². The van der Waals surface area contributed by atoms with Crippen LogP contribution < -0.4 is 0 Å². The Morgan fingerprint density at radius 2 is 1.70 bits per heavy atom. The minimum Gasteiger partial charge on any atom is -0.293 e. The van der Waals surface area contributed by atoms with Crippen molar-refractivity contribution >= 4 is 17.2 Å². The Kier molecular flexibility index (Phi) is 5.44. The van der Waals surface area contributed by atoms with Gasteiger partial charge in [0.25, 0.3) is 0 Å². The van der Waals surface area contributed by atoms with Gasteiger partial charge in [-0.15, -0.1) is 0 Å². The summed E-state index contributed by atoms with van der Waals surface area (Å²) < 4.78 is 0. The molecule has 6 unspecified atom stereocenters. The highest BCUT2D eigenvalue weighted by molar-refractivity contribution is 6.11. The second-order valence-corrected chi connectivity index (χ2v) is 16.4. The first-order chi connectivity index (χ1) is 18.8. The molecule has 4 nitrogen and oxygen atoms in total. The molecule has 212 valence electrons. The highest BCUT2D eigenvalue weighted by Gasteiger charge is 2.64. The smallest absolute Gasteiger partial charge is 0.178 e. The number of nitriles is 1. The van der Waals surface area contributed by atoms with Gasteiger partial charge in [-0.3, -0.25) is 4.79 Å². The molecule has 40 heavy (non-hydrogen) atoms. The van der Waals surface area contributed by atoms with Crippen LogP contribution in [0.4, 0.5) is 0 Å². The molecule has 0 radical (unpaired) electrons. The van der Waals surface area contributed by atoms with E-state index in [4.69, 9.17) is 11.7 Å². The summed E-state index contributed by atoms with van der Waals surface area (Å²) in [6.07, 6.45) is 16.5. The van der Waals surface area contributed by atoms with Gasteiger partial charge in [0.05, 0.1) is 11.3 Å². The lowest BCUT2D eigenvalue weighted by molar-refractivity contribution is -0.132. The first-order valence-electron chi connectivity index (χ1n) is 16.0. The van der Waals surface area contributed by atoms with Crippen LogP contribution in [0.1, 0.15) is 106 Å². The molecule has 0 aromatic heterocycles. The standard InChI is InChI=1S/C36H47N3O/c1-21-16-28-35(6,13-11-27-32(2,3)31(40)23(20-37)18-36(27,28)7)24-10-12-33(4)14-15-34(5,19-25(33)30(21)24)29-17-26(38-39-29)22-8-9-22/h16,18,22,24-25,27,30H,1,8-15,17,19H2,2-7H3/t24?,25?,27?,30?,33?,34-,35+,36?/m0/s1. The molecular formula is C36H47N3O. The molecule has 4 saturated carbocycles. The van der Waals surface area contributed by atoms with Crippen molar-refractivity contribution in [1.29, 1.82) is 5.26 Å². The van der Waals surface area contributed by atoms with Gasteiger partial charge in [0.1, 0.15) is 6.07 Å². The second-order valence-electron chi connectivity index (χ2n) is 16.4. The van der Waals surface area contributed by atoms with Crippen LogP contribution in [-0.2, 0) is 4.79 Å². The first kappa shape index (κ1) is 26.6. The van der Waals surface area contributed by atoms with Crippen molar-refractivity contribution in [2.24, 2.45) is 66.9 Å². The Balaban J connectivity index is 1.26. The lowest BCUT2D eigenvalue weighted by Gasteiger charge is -2.66. The normalized spacial score (nSPS) is 47.4. The van der Waals surface area contributed by atoms with E-state index in [9.17, 15) is 10.1 Å². The van der Waals surface area contributed by atoms with E-state index in [1.165, 1.54) is 67.5 Å². The van der Waals surface area contributed by atoms with E-state index in [2.05, 4.69) is 64.9 Å². The van der Waals surface area contributed by atoms with Gasteiger partial charge < -0.3 is 0 Å². The average molecular weight is 538 g/mol. The van der Waals surface area contributed by atoms with E-state index >= 15 is 0 Å². The second kappa shape index (κ2) is 8.17. The van der Waals surface area contributed by atoms with Gasteiger partial charge in [-0.25, -0.2) is 0 Å². The molecule has 4 heteroatoms. The largest absolute Gasteiger partial charge is 0.293 e. The quantitative estimate of drug-likeness (QED) is 0.355. The number of ketones is 1. The number of nitrogens with zero attached hydrogens (tertiary/aromatic N) is 3. The lowest BCUT2D eigenvalue weighted by atomic mass is 9.38. The third kappa shape index (κ3) is 3.39. The number of carbonyl (C=O) groups excluding carboxylic acids is 1. The predicted octanol–water partition coefficient (Wildman–Crippen LogP) is 8.41. The molecule has 0 amide bonds. The Bertz CT molecular complexity index is 1380. The van der Waals surface area contributed by atoms with Crippen molar-refractivity contribution in [3.05, 3.63) is 35.5 Å². The summed E-state index contributed by atoms with van der Waals surface area (Å²) in [5.41, 5.74) is 5.49. The SMILES string of the molecule is C=C1C=C2C3(C)C=C(C#N)C(=O)C(C)(C)C3CC[C@]2(C)C2CCC3(C)CC[C@](C)(C4=NN=C(C5CC5)C4)CC3C12. The number of fused-ring (bicyclic) bond motifs is 7. The maximum Gasteiger partial charge on any atom is 0.178 e. The minimum atomic E-state index is -0.533. The monoisotopic (exact) mass is 537 g/mol. The van der Waals surface area contributed by atoms with Crippen LogP contribution >= 0.6 is 0 Å². The molecule has 0 aromatic rings. The molecule has 0 N–H and O–H groups in total. The maximum atomic E-state index is 13.3. The van der Waals surface area contributed by atoms with Gasteiger partial charge >= 0.3 is 0 Å². The van der Waals surface area contributed by atoms with Gasteiger partial charge in [0.2, 0.25) is 0 Å². The Morgan fingerprint density at radius 3 is 2.40 bits per heavy atom. The Hall–Kier alpha value is -2.28. The third-order valence-electron chi connectivity index (χ3n) is 13.8. The predicted molar refractivity (Wildman–Crippen MR) is 161 cm³/mol. The van der Waals surface area contributed by atoms with Gasteiger partial charge in [-0.1, -0.05) is 71.4 Å². The molecule has 8 atom stereocenters. The topological polar surface area (TPSA) is 65.6 Å². The van der Waals surface area contributed by atoms with E-state index in [0.717, 1.165) is 19.3 Å². The summed E-state index contributed by atoms with van der Waals surface area (Å²) >= 11 is 0. The van der Waals surface area contributed by atoms with Crippen LogP contribution in [0.15, 0.2) is 45.7 Å². The van der Waals surface area contributed by atoms with Crippen LogP contribution in [-0.4, -0.2) is 17.2 Å². The molecular weight excluding hydrogens is 490 g/mol. The van der Waals surface area contributed by atoms with Crippen LogP contribution in [0.25, 0.3) is 0 Å². The molecule has 0 aromatic carbocycles. The van der Waals surface area contributed by atoms with Crippen LogP contribution in [0.3, 0.4) is 0 Å². The van der Waals surface area contributed by atoms with E-state index in [1.54, 1.807) is 0 Å². The van der Waals surface area contributed by atoms with Crippen LogP contribution in [0, 0.1) is 68.0 Å². The molecule has 0 spiro atoms. The number of allylic oxidation sites excluding steroid dienone is 5. The Labute approximate surface area is 241 Å². The summed E-state index contributed by atoms with van der Waals surface area (Å²) in [4.78, 5) is 13.3. The third-order valence-corrected chi connectivity index (χ3v) is 13.8. The molecule has 4 fully saturated rings. The Morgan fingerprint density at radius 1 is 0.950 bits per heavy atom. The molecule has 7 aliphatic rings. The van der Waals surface area contributed by atoms with E-state index in [0.29, 0.717) is 34.7 Å². The summed E-state index contributed by atoms with van der Waals surface area (Å²) in [7, 11) is 0. The number of Topliss-reactive ketones (excluding diaryl/α,β-unsaturated/α-hetero) is 1. The van der Waals surface area contributed by atoms with Gasteiger partial charge in [-0.2, -0.15) is 15.5 Å². The first-order valence-corrected chi connectivity index (χ1v) is 16.0. The van der Waals surface area contributed by atoms with Crippen molar-refractivity contribution in [3.8, 4) is 6.07 Å². The molecule has 0 bridgehead atoms. The van der Waals surface area contributed by atoms with E-state index in [-0.39, 0.29) is 27.9 Å². The highest BCUT2D eigenvalue weighted by Crippen LogP contribution is 2.71. The molecule has 6 aliphatic carbocycles. The number of carbonyl (C=O) groups is 1. The van der Waals surface area contributed by atoms with Gasteiger partial charge in [0, 0.05) is 28.4 Å². The zero-order valence-corrected chi connectivity index (χ0v) is 25.6. The number of rotatable bonds is 2. The lowest BCUT2D eigenvalue weighted by Crippen LogP contribution is -2.59. The number of hydrogen-bond acceptors (Lipinski definition) is 4. The van der Waals surface area contributed by atoms with E-state index < -0.39 is 5.41 Å². The average Bonchev–Trinajstić information content (AvgIpc) is 3.63. The van der Waals surface area contributed by atoms with Crippen LogP contribution in [0.5, 0.6) is 0 Å².